The van der Waals surface area contributed by atoms with E-state index in [1.807, 2.05) is 30.3 Å². The van der Waals surface area contributed by atoms with Crippen LogP contribution in [0.2, 0.25) is 10.0 Å². The van der Waals surface area contributed by atoms with Crippen molar-refractivity contribution in [2.75, 3.05) is 11.9 Å². The van der Waals surface area contributed by atoms with Gasteiger partial charge < -0.3 is 14.8 Å². The van der Waals surface area contributed by atoms with E-state index in [1.165, 1.54) is 0 Å². The number of carbonyl (C=O) groups is 1. The molecule has 132 valence electrons. The highest BCUT2D eigenvalue weighted by atomic mass is 35.5. The van der Waals surface area contributed by atoms with Gasteiger partial charge in [0.2, 0.25) is 0 Å². The van der Waals surface area contributed by atoms with Crippen LogP contribution in [0.15, 0.2) is 72.8 Å². The summed E-state index contributed by atoms with van der Waals surface area (Å²) in [5, 5.41) is 3.50. The molecule has 0 aliphatic rings. The third-order valence-corrected chi connectivity index (χ3v) is 4.11. The molecule has 0 heterocycles. The molecule has 0 spiro atoms. The predicted molar refractivity (Wildman–Crippen MR) is 104 cm³/mol. The molecule has 0 saturated heterocycles. The number of rotatable bonds is 6. The van der Waals surface area contributed by atoms with Gasteiger partial charge in [0.25, 0.3) is 5.91 Å². The second kappa shape index (κ2) is 8.61. The maximum Gasteiger partial charge on any atom is 0.262 e. The second-order valence-corrected chi connectivity index (χ2v) is 6.17. The Morgan fingerprint density at radius 3 is 2.15 bits per heavy atom. The van der Waals surface area contributed by atoms with E-state index in [0.717, 1.165) is 5.75 Å². The third-order valence-electron chi connectivity index (χ3n) is 3.38. The zero-order chi connectivity index (χ0) is 18.4. The number of para-hydroxylation sites is 1. The standard InChI is InChI=1S/C20H15Cl2NO3/c21-18-11-6-14(12-19(18)22)23-20(24)13-25-15-7-9-17(10-8-15)26-16-4-2-1-3-5-16/h1-12H,13H2,(H,23,24). The van der Waals surface area contributed by atoms with Gasteiger partial charge in [0.1, 0.15) is 17.2 Å². The molecule has 0 aromatic heterocycles. The maximum atomic E-state index is 12.0. The minimum atomic E-state index is -0.298. The predicted octanol–water partition coefficient (Wildman–Crippen LogP) is 5.80. The normalized spacial score (nSPS) is 10.2. The van der Waals surface area contributed by atoms with Crippen molar-refractivity contribution < 1.29 is 14.3 Å². The molecular formula is C20H15Cl2NO3. The Kier molecular flexibility index (Phi) is 6.00. The van der Waals surface area contributed by atoms with Gasteiger partial charge in [0, 0.05) is 5.69 Å². The zero-order valence-electron chi connectivity index (χ0n) is 13.6. The van der Waals surface area contributed by atoms with Crippen molar-refractivity contribution in [3.63, 3.8) is 0 Å². The molecular weight excluding hydrogens is 373 g/mol. The fourth-order valence-corrected chi connectivity index (χ4v) is 2.45. The number of hydrogen-bond acceptors (Lipinski definition) is 3. The molecule has 3 aromatic carbocycles. The van der Waals surface area contributed by atoms with E-state index in [1.54, 1.807) is 42.5 Å². The molecule has 3 rings (SSSR count). The summed E-state index contributed by atoms with van der Waals surface area (Å²) in [6.07, 6.45) is 0. The topological polar surface area (TPSA) is 47.6 Å². The molecule has 0 bridgehead atoms. The summed E-state index contributed by atoms with van der Waals surface area (Å²) in [6, 6.07) is 21.4. The quantitative estimate of drug-likeness (QED) is 0.580. The van der Waals surface area contributed by atoms with E-state index in [2.05, 4.69) is 5.32 Å². The summed E-state index contributed by atoms with van der Waals surface area (Å²) in [4.78, 5) is 12.0. The number of ether oxygens (including phenoxy) is 2. The van der Waals surface area contributed by atoms with Gasteiger partial charge in [0.15, 0.2) is 6.61 Å². The minimum Gasteiger partial charge on any atom is -0.484 e. The fourth-order valence-electron chi connectivity index (χ4n) is 2.15. The average Bonchev–Trinajstić information content (AvgIpc) is 2.65. The molecule has 0 aliphatic heterocycles. The number of anilines is 1. The minimum absolute atomic E-state index is 0.126. The van der Waals surface area contributed by atoms with Crippen LogP contribution in [0.1, 0.15) is 0 Å². The van der Waals surface area contributed by atoms with Crippen molar-refractivity contribution in [3.05, 3.63) is 82.8 Å². The summed E-state index contributed by atoms with van der Waals surface area (Å²) >= 11 is 11.8. The summed E-state index contributed by atoms with van der Waals surface area (Å²) in [6.45, 7) is -0.126. The first-order chi connectivity index (χ1) is 12.6. The number of halogens is 2. The van der Waals surface area contributed by atoms with Crippen molar-refractivity contribution in [1.82, 2.24) is 0 Å². The van der Waals surface area contributed by atoms with Gasteiger partial charge in [-0.1, -0.05) is 41.4 Å². The smallest absolute Gasteiger partial charge is 0.262 e. The highest BCUT2D eigenvalue weighted by molar-refractivity contribution is 6.42. The largest absolute Gasteiger partial charge is 0.484 e. The van der Waals surface area contributed by atoms with Crippen molar-refractivity contribution in [3.8, 4) is 17.2 Å². The fraction of sp³-hybridized carbons (Fsp3) is 0.0500. The van der Waals surface area contributed by atoms with Crippen LogP contribution in [-0.4, -0.2) is 12.5 Å². The highest BCUT2D eigenvalue weighted by Gasteiger charge is 2.06. The van der Waals surface area contributed by atoms with Gasteiger partial charge in [0.05, 0.1) is 10.0 Å². The number of hydrogen-bond donors (Lipinski definition) is 1. The van der Waals surface area contributed by atoms with Crippen LogP contribution >= 0.6 is 23.2 Å². The maximum absolute atomic E-state index is 12.0. The first-order valence-corrected chi connectivity index (χ1v) is 8.56. The van der Waals surface area contributed by atoms with E-state index in [-0.39, 0.29) is 12.5 Å². The zero-order valence-corrected chi connectivity index (χ0v) is 15.1. The summed E-state index contributed by atoms with van der Waals surface area (Å²) in [5.74, 6) is 1.70. The van der Waals surface area contributed by atoms with E-state index in [9.17, 15) is 4.79 Å². The lowest BCUT2D eigenvalue weighted by molar-refractivity contribution is -0.118. The SMILES string of the molecule is O=C(COc1ccc(Oc2ccccc2)cc1)Nc1ccc(Cl)c(Cl)c1. The molecule has 6 heteroatoms. The Morgan fingerprint density at radius 2 is 1.46 bits per heavy atom. The molecule has 3 aromatic rings. The van der Waals surface area contributed by atoms with Gasteiger partial charge in [-0.15, -0.1) is 0 Å². The Bertz CT molecular complexity index is 883. The number of nitrogens with one attached hydrogen (secondary N) is 1. The monoisotopic (exact) mass is 387 g/mol. The summed E-state index contributed by atoms with van der Waals surface area (Å²) < 4.78 is 11.2. The number of carbonyl (C=O) groups excluding carboxylic acids is 1. The van der Waals surface area contributed by atoms with Crippen molar-refractivity contribution in [2.45, 2.75) is 0 Å². The molecule has 1 amide bonds. The van der Waals surface area contributed by atoms with Gasteiger partial charge in [-0.3, -0.25) is 4.79 Å². The van der Waals surface area contributed by atoms with E-state index in [0.29, 0.717) is 27.2 Å². The van der Waals surface area contributed by atoms with E-state index in [4.69, 9.17) is 32.7 Å². The third kappa shape index (κ3) is 5.15. The Morgan fingerprint density at radius 1 is 0.808 bits per heavy atom. The van der Waals surface area contributed by atoms with Crippen LogP contribution < -0.4 is 14.8 Å². The van der Waals surface area contributed by atoms with Gasteiger partial charge in [-0.25, -0.2) is 0 Å². The Balaban J connectivity index is 1.51. The lowest BCUT2D eigenvalue weighted by Crippen LogP contribution is -2.20. The molecule has 4 nitrogen and oxygen atoms in total. The van der Waals surface area contributed by atoms with Crippen LogP contribution in [-0.2, 0) is 4.79 Å². The summed E-state index contributed by atoms with van der Waals surface area (Å²) in [7, 11) is 0. The molecule has 0 fully saturated rings. The van der Waals surface area contributed by atoms with Crippen molar-refractivity contribution in [2.24, 2.45) is 0 Å². The van der Waals surface area contributed by atoms with Crippen LogP contribution in [0.25, 0.3) is 0 Å². The van der Waals surface area contributed by atoms with Crippen LogP contribution in [0, 0.1) is 0 Å². The van der Waals surface area contributed by atoms with Crippen LogP contribution in [0.3, 0.4) is 0 Å². The first kappa shape index (κ1) is 18.1. The molecule has 0 unspecified atom stereocenters. The number of amides is 1. The highest BCUT2D eigenvalue weighted by Crippen LogP contribution is 2.25. The molecule has 0 aliphatic carbocycles. The molecule has 26 heavy (non-hydrogen) atoms. The summed E-state index contributed by atoms with van der Waals surface area (Å²) in [5.41, 5.74) is 0.555. The van der Waals surface area contributed by atoms with Crippen LogP contribution in [0.4, 0.5) is 5.69 Å². The van der Waals surface area contributed by atoms with Gasteiger partial charge in [-0.2, -0.15) is 0 Å². The van der Waals surface area contributed by atoms with Crippen molar-refractivity contribution in [1.29, 1.82) is 0 Å². The lowest BCUT2D eigenvalue weighted by atomic mass is 10.3. The molecule has 0 radical (unpaired) electrons. The van der Waals surface area contributed by atoms with Crippen molar-refractivity contribution >= 4 is 34.8 Å². The molecule has 1 N–H and O–H groups in total. The Hall–Kier alpha value is -2.69. The lowest BCUT2D eigenvalue weighted by Gasteiger charge is -2.09. The Labute approximate surface area is 161 Å². The average molecular weight is 388 g/mol. The first-order valence-electron chi connectivity index (χ1n) is 7.81. The molecule has 0 atom stereocenters. The van der Waals surface area contributed by atoms with E-state index >= 15 is 0 Å². The van der Waals surface area contributed by atoms with Gasteiger partial charge >= 0.3 is 0 Å². The number of benzene rings is 3. The molecule has 0 saturated carbocycles. The van der Waals surface area contributed by atoms with E-state index < -0.39 is 0 Å². The van der Waals surface area contributed by atoms with Crippen LogP contribution in [0.5, 0.6) is 17.2 Å². The second-order valence-electron chi connectivity index (χ2n) is 5.35. The van der Waals surface area contributed by atoms with Gasteiger partial charge in [-0.05, 0) is 54.6 Å².